The molecule has 0 aliphatic carbocycles. The number of nitrogens with zero attached hydrogens (tertiary/aromatic N) is 2. The first-order chi connectivity index (χ1) is 9.25. The second-order valence-electron chi connectivity index (χ2n) is 5.28. The van der Waals surface area contributed by atoms with Crippen molar-refractivity contribution >= 4 is 15.9 Å². The first kappa shape index (κ1) is 14.8. The van der Waals surface area contributed by atoms with Crippen molar-refractivity contribution in [3.63, 3.8) is 0 Å². The predicted molar refractivity (Wildman–Crippen MR) is 74.9 cm³/mol. The number of rotatable bonds is 2. The quantitative estimate of drug-likeness (QED) is 0.747. The van der Waals surface area contributed by atoms with Crippen molar-refractivity contribution in [2.45, 2.75) is 26.2 Å². The van der Waals surface area contributed by atoms with Crippen molar-refractivity contribution in [1.82, 2.24) is 9.97 Å². The Labute approximate surface area is 124 Å². The molecular weight excluding hydrogens is 330 g/mol. The van der Waals surface area contributed by atoms with E-state index in [0.29, 0.717) is 10.4 Å². The Morgan fingerprint density at radius 3 is 2.45 bits per heavy atom. The van der Waals surface area contributed by atoms with E-state index in [2.05, 4.69) is 25.9 Å². The van der Waals surface area contributed by atoms with Gasteiger partial charge in [-0.05, 0) is 28.1 Å². The first-order valence-electron chi connectivity index (χ1n) is 5.94. The smallest absolute Gasteiger partial charge is 0.223 e. The predicted octanol–water partition coefficient (Wildman–Crippen LogP) is 4.61. The van der Waals surface area contributed by atoms with Crippen LogP contribution in [0.3, 0.4) is 0 Å². The number of hydrogen-bond acceptors (Lipinski definition) is 3. The molecule has 0 atom stereocenters. The summed E-state index contributed by atoms with van der Waals surface area (Å²) in [7, 11) is 0. The average molecular weight is 343 g/mol. The molecule has 0 N–H and O–H groups in total. The molecule has 0 radical (unpaired) electrons. The van der Waals surface area contributed by atoms with Crippen LogP contribution in [0.25, 0.3) is 0 Å². The van der Waals surface area contributed by atoms with Gasteiger partial charge in [-0.15, -0.1) is 0 Å². The van der Waals surface area contributed by atoms with Crippen molar-refractivity contribution in [3.05, 3.63) is 46.3 Å². The van der Waals surface area contributed by atoms with Crippen LogP contribution in [0, 0.1) is 11.6 Å². The lowest BCUT2D eigenvalue weighted by Crippen LogP contribution is -2.16. The zero-order valence-corrected chi connectivity index (χ0v) is 12.8. The van der Waals surface area contributed by atoms with E-state index in [-0.39, 0.29) is 17.0 Å². The molecule has 0 aliphatic heterocycles. The maximum absolute atomic E-state index is 13.5. The third-order valence-electron chi connectivity index (χ3n) is 2.45. The second kappa shape index (κ2) is 5.44. The highest BCUT2D eigenvalue weighted by molar-refractivity contribution is 9.10. The van der Waals surface area contributed by atoms with Gasteiger partial charge in [-0.2, -0.15) is 4.98 Å². The van der Waals surface area contributed by atoms with Crippen molar-refractivity contribution in [2.75, 3.05) is 0 Å². The van der Waals surface area contributed by atoms with E-state index in [1.807, 2.05) is 20.8 Å². The molecule has 1 heterocycles. The van der Waals surface area contributed by atoms with Crippen LogP contribution >= 0.6 is 15.9 Å². The molecular formula is C14H13BrF2N2O. The Morgan fingerprint density at radius 1 is 1.10 bits per heavy atom. The summed E-state index contributed by atoms with van der Waals surface area (Å²) in [6, 6.07) is 4.51. The maximum atomic E-state index is 13.5. The monoisotopic (exact) mass is 342 g/mol. The molecule has 0 unspecified atom stereocenters. The van der Waals surface area contributed by atoms with Gasteiger partial charge in [0.1, 0.15) is 16.2 Å². The summed E-state index contributed by atoms with van der Waals surface area (Å²) in [5.41, 5.74) is -0.289. The van der Waals surface area contributed by atoms with Gasteiger partial charge in [-0.3, -0.25) is 0 Å². The minimum atomic E-state index is -0.654. The topological polar surface area (TPSA) is 35.0 Å². The summed E-state index contributed by atoms with van der Waals surface area (Å²) in [6.07, 6.45) is 0. The summed E-state index contributed by atoms with van der Waals surface area (Å²) in [5.74, 6) is -0.751. The highest BCUT2D eigenvalue weighted by atomic mass is 79.9. The lowest BCUT2D eigenvalue weighted by Gasteiger charge is -2.17. The van der Waals surface area contributed by atoms with Gasteiger partial charge in [0, 0.05) is 17.5 Å². The minimum absolute atomic E-state index is 0.154. The molecule has 1 aromatic carbocycles. The Hall–Kier alpha value is -1.56. The number of benzene rings is 1. The average Bonchev–Trinajstić information content (AvgIpc) is 2.32. The third kappa shape index (κ3) is 3.50. The molecule has 2 rings (SSSR count). The SMILES string of the molecule is CC(C)(C)c1nc(Br)cc(Oc2cc(F)ccc2F)n1. The Balaban J connectivity index is 2.39. The summed E-state index contributed by atoms with van der Waals surface area (Å²) in [6.45, 7) is 5.84. The van der Waals surface area contributed by atoms with Crippen molar-refractivity contribution in [1.29, 1.82) is 0 Å². The van der Waals surface area contributed by atoms with E-state index < -0.39 is 11.6 Å². The van der Waals surface area contributed by atoms with E-state index in [4.69, 9.17) is 4.74 Å². The molecule has 1 aromatic heterocycles. The van der Waals surface area contributed by atoms with E-state index in [1.165, 1.54) is 6.07 Å². The van der Waals surface area contributed by atoms with E-state index >= 15 is 0 Å². The van der Waals surface area contributed by atoms with Crippen LogP contribution in [0.2, 0.25) is 0 Å². The molecule has 20 heavy (non-hydrogen) atoms. The number of aromatic nitrogens is 2. The molecule has 0 fully saturated rings. The summed E-state index contributed by atoms with van der Waals surface area (Å²) in [4.78, 5) is 8.46. The van der Waals surface area contributed by atoms with E-state index in [0.717, 1.165) is 18.2 Å². The highest BCUT2D eigenvalue weighted by Crippen LogP contribution is 2.28. The Morgan fingerprint density at radius 2 is 1.80 bits per heavy atom. The van der Waals surface area contributed by atoms with Crippen LogP contribution in [0.1, 0.15) is 26.6 Å². The van der Waals surface area contributed by atoms with Crippen LogP contribution in [0.4, 0.5) is 8.78 Å². The third-order valence-corrected chi connectivity index (χ3v) is 2.86. The van der Waals surface area contributed by atoms with Crippen LogP contribution in [0.5, 0.6) is 11.6 Å². The molecule has 0 bridgehead atoms. The van der Waals surface area contributed by atoms with Gasteiger partial charge in [0.25, 0.3) is 0 Å². The van der Waals surface area contributed by atoms with Gasteiger partial charge in [0.15, 0.2) is 11.6 Å². The fraction of sp³-hybridized carbons (Fsp3) is 0.286. The van der Waals surface area contributed by atoms with Crippen molar-refractivity contribution in [2.24, 2.45) is 0 Å². The minimum Gasteiger partial charge on any atom is -0.436 e. The van der Waals surface area contributed by atoms with Gasteiger partial charge < -0.3 is 4.74 Å². The van der Waals surface area contributed by atoms with E-state index in [1.54, 1.807) is 0 Å². The maximum Gasteiger partial charge on any atom is 0.223 e. The van der Waals surface area contributed by atoms with E-state index in [9.17, 15) is 8.78 Å². The second-order valence-corrected chi connectivity index (χ2v) is 6.09. The summed E-state index contributed by atoms with van der Waals surface area (Å²) >= 11 is 3.25. The molecule has 0 saturated heterocycles. The zero-order valence-electron chi connectivity index (χ0n) is 11.2. The highest BCUT2D eigenvalue weighted by Gasteiger charge is 2.19. The fourth-order valence-electron chi connectivity index (χ4n) is 1.45. The normalized spacial score (nSPS) is 11.5. The Kier molecular flexibility index (Phi) is 4.04. The van der Waals surface area contributed by atoms with Crippen molar-refractivity contribution in [3.8, 4) is 11.6 Å². The van der Waals surface area contributed by atoms with Gasteiger partial charge in [-0.1, -0.05) is 20.8 Å². The van der Waals surface area contributed by atoms with Crippen molar-refractivity contribution < 1.29 is 13.5 Å². The molecule has 0 saturated carbocycles. The standard InChI is InChI=1S/C14H13BrF2N2O/c1-14(2,3)13-18-11(15)7-12(19-13)20-10-6-8(16)4-5-9(10)17/h4-7H,1-3H3. The summed E-state index contributed by atoms with van der Waals surface area (Å²) < 4.78 is 32.5. The molecule has 0 amide bonds. The van der Waals surface area contributed by atoms with Crippen LogP contribution < -0.4 is 4.74 Å². The van der Waals surface area contributed by atoms with Gasteiger partial charge in [-0.25, -0.2) is 13.8 Å². The molecule has 3 nitrogen and oxygen atoms in total. The van der Waals surface area contributed by atoms with Gasteiger partial charge in [0.05, 0.1) is 0 Å². The molecule has 0 spiro atoms. The van der Waals surface area contributed by atoms with Gasteiger partial charge >= 0.3 is 0 Å². The largest absolute Gasteiger partial charge is 0.436 e. The van der Waals surface area contributed by atoms with Gasteiger partial charge in [0.2, 0.25) is 5.88 Å². The number of hydrogen-bond donors (Lipinski definition) is 0. The number of halogens is 3. The zero-order chi connectivity index (χ0) is 14.9. The van der Waals surface area contributed by atoms with Crippen LogP contribution in [0.15, 0.2) is 28.9 Å². The number of ether oxygens (including phenoxy) is 1. The molecule has 2 aromatic rings. The fourth-order valence-corrected chi connectivity index (χ4v) is 1.82. The molecule has 6 heteroatoms. The lowest BCUT2D eigenvalue weighted by atomic mass is 9.96. The lowest BCUT2D eigenvalue weighted by molar-refractivity contribution is 0.412. The molecule has 0 aliphatic rings. The Bertz CT molecular complexity index is 642. The molecule has 106 valence electrons. The summed E-state index contributed by atoms with van der Waals surface area (Å²) in [5, 5.41) is 0. The van der Waals surface area contributed by atoms with Crippen LogP contribution in [-0.2, 0) is 5.41 Å². The first-order valence-corrected chi connectivity index (χ1v) is 6.73. The van der Waals surface area contributed by atoms with Crippen LogP contribution in [-0.4, -0.2) is 9.97 Å².